The Labute approximate surface area is 118 Å². The van der Waals surface area contributed by atoms with Crippen LogP contribution in [0.4, 0.5) is 0 Å². The van der Waals surface area contributed by atoms with Gasteiger partial charge in [-0.1, -0.05) is 17.7 Å². The molecule has 19 heavy (non-hydrogen) atoms. The van der Waals surface area contributed by atoms with Crippen LogP contribution in [0.1, 0.15) is 12.5 Å². The number of hydrogen-bond acceptors (Lipinski definition) is 4. The third-order valence-corrected chi connectivity index (χ3v) is 2.70. The number of nitrogens with two attached hydrogens (primary N) is 1. The molecule has 6 heteroatoms. The number of carbonyl (C=O) groups excluding carboxylic acids is 1. The molecule has 3 N–H and O–H groups in total. The number of ether oxygens (including phenoxy) is 2. The summed E-state index contributed by atoms with van der Waals surface area (Å²) in [7, 11) is 1.50. The molecule has 1 aromatic carbocycles. The van der Waals surface area contributed by atoms with E-state index < -0.39 is 6.04 Å². The fraction of sp³-hybridized carbons (Fsp3) is 0.462. The minimum Gasteiger partial charge on any atom is -0.493 e. The van der Waals surface area contributed by atoms with E-state index in [1.807, 2.05) is 13.0 Å². The molecule has 1 atom stereocenters. The molecule has 1 rings (SSSR count). The van der Waals surface area contributed by atoms with Crippen LogP contribution in [0.3, 0.4) is 0 Å². The molecular weight excluding hydrogens is 268 g/mol. The average molecular weight is 287 g/mol. The summed E-state index contributed by atoms with van der Waals surface area (Å²) in [4.78, 5) is 11.7. The number of methoxy groups -OCH3 is 1. The second kappa shape index (κ2) is 7.99. The van der Waals surface area contributed by atoms with Gasteiger partial charge >= 0.3 is 0 Å². The Morgan fingerprint density at radius 2 is 2.26 bits per heavy atom. The Morgan fingerprint density at radius 3 is 2.89 bits per heavy atom. The van der Waals surface area contributed by atoms with Gasteiger partial charge in [0.15, 0.2) is 0 Å². The first-order chi connectivity index (χ1) is 9.08. The topological polar surface area (TPSA) is 73.6 Å². The average Bonchev–Trinajstić information content (AvgIpc) is 2.38. The standard InChI is InChI=1S/C13H19ClN2O3/c1-3-19-12-6-10(14)5-4-9(12)7-16-13(17)11(15)8-18-2/h4-6,11H,3,7-8,15H2,1-2H3,(H,16,17). The summed E-state index contributed by atoms with van der Waals surface area (Å²) in [6, 6.07) is 4.62. The molecule has 0 spiro atoms. The number of carbonyl (C=O) groups is 1. The van der Waals surface area contributed by atoms with Gasteiger partial charge in [-0.15, -0.1) is 0 Å². The van der Waals surface area contributed by atoms with Crippen molar-refractivity contribution in [3.8, 4) is 5.75 Å². The van der Waals surface area contributed by atoms with E-state index in [1.54, 1.807) is 12.1 Å². The summed E-state index contributed by atoms with van der Waals surface area (Å²) < 4.78 is 10.3. The maximum Gasteiger partial charge on any atom is 0.239 e. The van der Waals surface area contributed by atoms with Crippen molar-refractivity contribution in [1.29, 1.82) is 0 Å². The van der Waals surface area contributed by atoms with E-state index in [0.717, 1.165) is 5.56 Å². The van der Waals surface area contributed by atoms with Gasteiger partial charge in [0.25, 0.3) is 0 Å². The molecule has 0 aliphatic rings. The van der Waals surface area contributed by atoms with Crippen LogP contribution in [-0.4, -0.2) is 32.3 Å². The molecule has 1 unspecified atom stereocenters. The van der Waals surface area contributed by atoms with Crippen LogP contribution in [0.15, 0.2) is 18.2 Å². The van der Waals surface area contributed by atoms with Crippen LogP contribution in [0.2, 0.25) is 5.02 Å². The zero-order valence-corrected chi connectivity index (χ0v) is 11.9. The van der Waals surface area contributed by atoms with Crippen LogP contribution >= 0.6 is 11.6 Å². The van der Waals surface area contributed by atoms with Gasteiger partial charge in [0.05, 0.1) is 13.2 Å². The number of hydrogen-bond donors (Lipinski definition) is 2. The third-order valence-electron chi connectivity index (χ3n) is 2.47. The van der Waals surface area contributed by atoms with Gasteiger partial charge in [-0.05, 0) is 19.1 Å². The second-order valence-corrected chi connectivity index (χ2v) is 4.40. The summed E-state index contributed by atoms with van der Waals surface area (Å²) in [5.74, 6) is 0.398. The molecule has 0 aromatic heterocycles. The van der Waals surface area contributed by atoms with Crippen LogP contribution in [-0.2, 0) is 16.1 Å². The molecule has 5 nitrogen and oxygen atoms in total. The van der Waals surface area contributed by atoms with Gasteiger partial charge < -0.3 is 20.5 Å². The highest BCUT2D eigenvalue weighted by molar-refractivity contribution is 6.30. The van der Waals surface area contributed by atoms with E-state index in [2.05, 4.69) is 5.32 Å². The Hall–Kier alpha value is -1.30. The van der Waals surface area contributed by atoms with Gasteiger partial charge in [-0.25, -0.2) is 0 Å². The Bertz CT molecular complexity index is 426. The molecule has 0 saturated heterocycles. The molecule has 1 amide bonds. The largest absolute Gasteiger partial charge is 0.493 e. The third kappa shape index (κ3) is 5.06. The van der Waals surface area contributed by atoms with Crippen molar-refractivity contribution in [1.82, 2.24) is 5.32 Å². The fourth-order valence-corrected chi connectivity index (χ4v) is 1.70. The highest BCUT2D eigenvalue weighted by atomic mass is 35.5. The Kier molecular flexibility index (Phi) is 6.62. The van der Waals surface area contributed by atoms with Crippen LogP contribution in [0.5, 0.6) is 5.75 Å². The molecule has 0 radical (unpaired) electrons. The van der Waals surface area contributed by atoms with Crippen molar-refractivity contribution in [2.24, 2.45) is 5.73 Å². The summed E-state index contributed by atoms with van der Waals surface area (Å²) in [6.07, 6.45) is 0. The molecule has 1 aromatic rings. The van der Waals surface area contributed by atoms with Crippen LogP contribution < -0.4 is 15.8 Å². The van der Waals surface area contributed by atoms with Gasteiger partial charge in [0.1, 0.15) is 11.8 Å². The maximum atomic E-state index is 11.7. The lowest BCUT2D eigenvalue weighted by Gasteiger charge is -2.14. The predicted molar refractivity (Wildman–Crippen MR) is 74.3 cm³/mol. The lowest BCUT2D eigenvalue weighted by atomic mass is 10.2. The molecule has 106 valence electrons. The first-order valence-electron chi connectivity index (χ1n) is 6.02. The molecule has 0 bridgehead atoms. The molecule has 0 saturated carbocycles. The van der Waals surface area contributed by atoms with Crippen molar-refractivity contribution in [2.75, 3.05) is 20.3 Å². The van der Waals surface area contributed by atoms with Crippen LogP contribution in [0.25, 0.3) is 0 Å². The van der Waals surface area contributed by atoms with Crippen molar-refractivity contribution < 1.29 is 14.3 Å². The van der Waals surface area contributed by atoms with E-state index in [9.17, 15) is 4.79 Å². The van der Waals surface area contributed by atoms with Gasteiger partial charge in [0, 0.05) is 24.2 Å². The fourth-order valence-electron chi connectivity index (χ4n) is 1.53. The Balaban J connectivity index is 2.64. The van der Waals surface area contributed by atoms with Crippen molar-refractivity contribution in [2.45, 2.75) is 19.5 Å². The SMILES string of the molecule is CCOc1cc(Cl)ccc1CNC(=O)C(N)COC. The zero-order chi connectivity index (χ0) is 14.3. The number of amides is 1. The van der Waals surface area contributed by atoms with Gasteiger partial charge in [-0.3, -0.25) is 4.79 Å². The minimum atomic E-state index is -0.673. The monoisotopic (exact) mass is 286 g/mol. The van der Waals surface area contributed by atoms with E-state index in [-0.39, 0.29) is 12.5 Å². The van der Waals surface area contributed by atoms with E-state index in [0.29, 0.717) is 23.9 Å². The molecular formula is C13H19ClN2O3. The number of benzene rings is 1. The van der Waals surface area contributed by atoms with Crippen LogP contribution in [0, 0.1) is 0 Å². The van der Waals surface area contributed by atoms with E-state index in [4.69, 9.17) is 26.8 Å². The number of nitrogens with one attached hydrogen (secondary N) is 1. The van der Waals surface area contributed by atoms with E-state index >= 15 is 0 Å². The van der Waals surface area contributed by atoms with E-state index in [1.165, 1.54) is 7.11 Å². The summed E-state index contributed by atoms with van der Waals surface area (Å²) >= 11 is 5.90. The number of rotatable bonds is 7. The molecule has 0 heterocycles. The lowest BCUT2D eigenvalue weighted by Crippen LogP contribution is -2.43. The number of halogens is 1. The molecule has 0 fully saturated rings. The quantitative estimate of drug-likeness (QED) is 0.793. The first-order valence-corrected chi connectivity index (χ1v) is 6.39. The molecule has 0 aliphatic heterocycles. The van der Waals surface area contributed by atoms with Crippen molar-refractivity contribution in [3.63, 3.8) is 0 Å². The smallest absolute Gasteiger partial charge is 0.239 e. The van der Waals surface area contributed by atoms with Crippen molar-refractivity contribution >= 4 is 17.5 Å². The van der Waals surface area contributed by atoms with Gasteiger partial charge in [-0.2, -0.15) is 0 Å². The second-order valence-electron chi connectivity index (χ2n) is 3.96. The highest BCUT2D eigenvalue weighted by Crippen LogP contribution is 2.23. The normalized spacial score (nSPS) is 12.0. The lowest BCUT2D eigenvalue weighted by molar-refractivity contribution is -0.123. The molecule has 0 aliphatic carbocycles. The maximum absolute atomic E-state index is 11.7. The Morgan fingerprint density at radius 1 is 1.53 bits per heavy atom. The minimum absolute atomic E-state index is 0.185. The zero-order valence-electron chi connectivity index (χ0n) is 11.1. The van der Waals surface area contributed by atoms with Gasteiger partial charge in [0.2, 0.25) is 5.91 Å². The highest BCUT2D eigenvalue weighted by Gasteiger charge is 2.13. The summed E-state index contributed by atoms with van der Waals surface area (Å²) in [5.41, 5.74) is 6.47. The summed E-state index contributed by atoms with van der Waals surface area (Å²) in [6.45, 7) is 2.94. The first kappa shape index (κ1) is 15.8. The summed E-state index contributed by atoms with van der Waals surface area (Å²) in [5, 5.41) is 3.33. The predicted octanol–water partition coefficient (Wildman–Crippen LogP) is 1.33. The van der Waals surface area contributed by atoms with Crippen molar-refractivity contribution in [3.05, 3.63) is 28.8 Å².